The van der Waals surface area contributed by atoms with Gasteiger partial charge in [-0.25, -0.2) is 0 Å². The van der Waals surface area contributed by atoms with Gasteiger partial charge in [-0.3, -0.25) is 0 Å². The third-order valence-corrected chi connectivity index (χ3v) is 5.56. The van der Waals surface area contributed by atoms with Crippen LogP contribution in [-0.2, 0) is 0 Å². The van der Waals surface area contributed by atoms with Gasteiger partial charge in [0.2, 0.25) is 0 Å². The normalized spacial score (nSPS) is 19.1. The van der Waals surface area contributed by atoms with Gasteiger partial charge in [0, 0.05) is 6.54 Å². The SMILES string of the molecule is Cc1ccccc1/C=C1\C=C(CCN2CCCCC2)c2ccccc21. The highest BCUT2D eigenvalue weighted by atomic mass is 15.1. The van der Waals surface area contributed by atoms with E-state index in [9.17, 15) is 0 Å². The summed E-state index contributed by atoms with van der Waals surface area (Å²) in [5, 5.41) is 0. The van der Waals surface area contributed by atoms with Crippen LogP contribution < -0.4 is 0 Å². The number of allylic oxidation sites excluding steroid dienone is 2. The first kappa shape index (κ1) is 16.4. The van der Waals surface area contributed by atoms with Crippen molar-refractivity contribution in [3.05, 3.63) is 76.9 Å². The zero-order chi connectivity index (χ0) is 17.1. The van der Waals surface area contributed by atoms with E-state index in [4.69, 9.17) is 0 Å². The Morgan fingerprint density at radius 1 is 0.880 bits per heavy atom. The van der Waals surface area contributed by atoms with E-state index in [0.717, 1.165) is 6.42 Å². The molecule has 2 aromatic carbocycles. The van der Waals surface area contributed by atoms with Crippen LogP contribution in [-0.4, -0.2) is 24.5 Å². The van der Waals surface area contributed by atoms with Crippen LogP contribution in [0, 0.1) is 6.92 Å². The summed E-state index contributed by atoms with van der Waals surface area (Å²) in [6.45, 7) is 5.94. The van der Waals surface area contributed by atoms with Crippen LogP contribution >= 0.6 is 0 Å². The number of likely N-dealkylation sites (tertiary alicyclic amines) is 1. The molecule has 2 aromatic rings. The van der Waals surface area contributed by atoms with Crippen molar-refractivity contribution in [3.63, 3.8) is 0 Å². The molecule has 128 valence electrons. The highest BCUT2D eigenvalue weighted by Crippen LogP contribution is 2.38. The Morgan fingerprint density at radius 3 is 2.40 bits per heavy atom. The number of hydrogen-bond acceptors (Lipinski definition) is 1. The van der Waals surface area contributed by atoms with Crippen molar-refractivity contribution in [1.29, 1.82) is 0 Å². The van der Waals surface area contributed by atoms with Gasteiger partial charge in [0.05, 0.1) is 0 Å². The van der Waals surface area contributed by atoms with Gasteiger partial charge in [-0.05, 0) is 78.8 Å². The second kappa shape index (κ2) is 7.41. The molecule has 0 saturated carbocycles. The molecule has 1 aliphatic heterocycles. The van der Waals surface area contributed by atoms with Crippen LogP contribution in [0.15, 0.2) is 54.6 Å². The monoisotopic (exact) mass is 329 g/mol. The lowest BCUT2D eigenvalue weighted by Crippen LogP contribution is -2.30. The standard InChI is InChI=1S/C24H27N/c1-19-9-3-4-10-20(19)17-22-18-21(23-11-5-6-12-24(22)23)13-16-25-14-7-2-8-15-25/h3-6,9-12,17-18H,2,7-8,13-16H2,1H3/b22-17+. The Balaban J connectivity index is 1.60. The molecule has 2 aliphatic rings. The Morgan fingerprint density at radius 2 is 1.60 bits per heavy atom. The molecule has 4 rings (SSSR count). The molecule has 25 heavy (non-hydrogen) atoms. The van der Waals surface area contributed by atoms with Gasteiger partial charge >= 0.3 is 0 Å². The van der Waals surface area contributed by atoms with Crippen molar-refractivity contribution < 1.29 is 0 Å². The van der Waals surface area contributed by atoms with Crippen molar-refractivity contribution in [2.75, 3.05) is 19.6 Å². The van der Waals surface area contributed by atoms with Gasteiger partial charge in [-0.15, -0.1) is 0 Å². The first-order valence-corrected chi connectivity index (χ1v) is 9.61. The highest BCUT2D eigenvalue weighted by Gasteiger charge is 2.19. The molecular weight excluding hydrogens is 302 g/mol. The van der Waals surface area contributed by atoms with Crippen LogP contribution in [0.2, 0.25) is 0 Å². The molecule has 1 heterocycles. The summed E-state index contributed by atoms with van der Waals surface area (Å²) >= 11 is 0. The topological polar surface area (TPSA) is 3.24 Å². The average Bonchev–Trinajstić information content (AvgIpc) is 3.01. The van der Waals surface area contributed by atoms with Crippen LogP contribution in [0.25, 0.3) is 17.2 Å². The Kier molecular flexibility index (Phi) is 4.85. The van der Waals surface area contributed by atoms with Crippen molar-refractivity contribution in [2.24, 2.45) is 0 Å². The van der Waals surface area contributed by atoms with Gasteiger partial charge in [-0.2, -0.15) is 0 Å². The maximum absolute atomic E-state index is 2.63. The van der Waals surface area contributed by atoms with Crippen molar-refractivity contribution in [3.8, 4) is 0 Å². The number of rotatable bonds is 4. The summed E-state index contributed by atoms with van der Waals surface area (Å²) in [4.78, 5) is 2.63. The number of nitrogens with zero attached hydrogens (tertiary/aromatic N) is 1. The molecule has 0 aromatic heterocycles. The minimum absolute atomic E-state index is 1.15. The molecule has 1 nitrogen and oxygen atoms in total. The quantitative estimate of drug-likeness (QED) is 0.684. The predicted molar refractivity (Wildman–Crippen MR) is 108 cm³/mol. The van der Waals surface area contributed by atoms with Crippen LogP contribution in [0.4, 0.5) is 0 Å². The lowest BCUT2D eigenvalue weighted by atomic mass is 10.00. The first-order valence-electron chi connectivity index (χ1n) is 9.61. The molecule has 1 heteroatoms. The lowest BCUT2D eigenvalue weighted by Gasteiger charge is -2.26. The number of fused-ring (bicyclic) bond motifs is 1. The molecular formula is C24H27N. The number of benzene rings is 2. The number of piperidine rings is 1. The summed E-state index contributed by atoms with van der Waals surface area (Å²) in [6, 6.07) is 17.5. The van der Waals surface area contributed by atoms with E-state index < -0.39 is 0 Å². The molecule has 0 unspecified atom stereocenters. The third-order valence-electron chi connectivity index (χ3n) is 5.56. The predicted octanol–water partition coefficient (Wildman–Crippen LogP) is 5.81. The van der Waals surface area contributed by atoms with Crippen molar-refractivity contribution in [2.45, 2.75) is 32.6 Å². The summed E-state index contributed by atoms with van der Waals surface area (Å²) in [6.07, 6.45) is 10.1. The lowest BCUT2D eigenvalue weighted by molar-refractivity contribution is 0.234. The van der Waals surface area contributed by atoms with Crippen molar-refractivity contribution >= 4 is 17.2 Å². The van der Waals surface area contributed by atoms with E-state index in [1.165, 1.54) is 72.3 Å². The second-order valence-corrected chi connectivity index (χ2v) is 7.32. The fraction of sp³-hybridized carbons (Fsp3) is 0.333. The zero-order valence-corrected chi connectivity index (χ0v) is 15.2. The number of aryl methyl sites for hydroxylation is 1. The van der Waals surface area contributed by atoms with E-state index in [0.29, 0.717) is 0 Å². The molecule has 0 amide bonds. The molecule has 1 fully saturated rings. The van der Waals surface area contributed by atoms with E-state index in [1.807, 2.05) is 0 Å². The summed E-state index contributed by atoms with van der Waals surface area (Å²) in [7, 11) is 0. The van der Waals surface area contributed by atoms with Crippen molar-refractivity contribution in [1.82, 2.24) is 4.90 Å². The zero-order valence-electron chi connectivity index (χ0n) is 15.2. The molecule has 1 aliphatic carbocycles. The van der Waals surface area contributed by atoms with E-state index in [-0.39, 0.29) is 0 Å². The molecule has 0 N–H and O–H groups in total. The van der Waals surface area contributed by atoms with E-state index in [1.54, 1.807) is 0 Å². The van der Waals surface area contributed by atoms with E-state index in [2.05, 4.69) is 72.5 Å². The minimum Gasteiger partial charge on any atom is -0.303 e. The minimum atomic E-state index is 1.15. The van der Waals surface area contributed by atoms with Gasteiger partial charge in [0.15, 0.2) is 0 Å². The van der Waals surface area contributed by atoms with Crippen LogP contribution in [0.1, 0.15) is 47.9 Å². The van der Waals surface area contributed by atoms with Gasteiger partial charge < -0.3 is 4.90 Å². The maximum atomic E-state index is 2.63. The fourth-order valence-corrected chi connectivity index (χ4v) is 4.06. The maximum Gasteiger partial charge on any atom is 0.00220 e. The van der Waals surface area contributed by atoms with E-state index >= 15 is 0 Å². The first-order chi connectivity index (χ1) is 12.3. The molecule has 0 radical (unpaired) electrons. The molecule has 1 saturated heterocycles. The molecule has 0 bridgehead atoms. The highest BCUT2D eigenvalue weighted by molar-refractivity contribution is 6.01. The summed E-state index contributed by atoms with van der Waals surface area (Å²) in [5.41, 5.74) is 8.33. The molecule has 0 spiro atoms. The summed E-state index contributed by atoms with van der Waals surface area (Å²) in [5.74, 6) is 0. The van der Waals surface area contributed by atoms with Gasteiger partial charge in [0.25, 0.3) is 0 Å². The molecule has 0 atom stereocenters. The number of hydrogen-bond donors (Lipinski definition) is 0. The second-order valence-electron chi connectivity index (χ2n) is 7.32. The van der Waals surface area contributed by atoms with Crippen LogP contribution in [0.3, 0.4) is 0 Å². The summed E-state index contributed by atoms with van der Waals surface area (Å²) < 4.78 is 0. The smallest absolute Gasteiger partial charge is 0.00220 e. The van der Waals surface area contributed by atoms with Gasteiger partial charge in [0.1, 0.15) is 0 Å². The Hall–Kier alpha value is -2.12. The Labute approximate surface area is 151 Å². The average molecular weight is 329 g/mol. The Bertz CT molecular complexity index is 806. The third kappa shape index (κ3) is 3.62. The van der Waals surface area contributed by atoms with Crippen LogP contribution in [0.5, 0.6) is 0 Å². The van der Waals surface area contributed by atoms with Gasteiger partial charge in [-0.1, -0.05) is 61.0 Å². The fourth-order valence-electron chi connectivity index (χ4n) is 4.06. The largest absolute Gasteiger partial charge is 0.303 e.